The predicted octanol–water partition coefficient (Wildman–Crippen LogP) is 3.03. The Balaban J connectivity index is 2.16. The van der Waals surface area contributed by atoms with Crippen molar-refractivity contribution in [1.82, 2.24) is 4.31 Å². The summed E-state index contributed by atoms with van der Waals surface area (Å²) < 4.78 is 26.6. The van der Waals surface area contributed by atoms with E-state index in [1.54, 1.807) is 7.05 Å². The van der Waals surface area contributed by atoms with E-state index in [1.807, 2.05) is 0 Å². The van der Waals surface area contributed by atoms with Crippen molar-refractivity contribution in [3.05, 3.63) is 28.8 Å². The van der Waals surface area contributed by atoms with Gasteiger partial charge in [-0.1, -0.05) is 30.9 Å². The van der Waals surface area contributed by atoms with Gasteiger partial charge in [-0.15, -0.1) is 0 Å². The quantitative estimate of drug-likeness (QED) is 0.902. The third-order valence-corrected chi connectivity index (χ3v) is 6.32. The molecule has 0 radical (unpaired) electrons. The first-order chi connectivity index (χ1) is 9.95. The number of rotatable bonds is 5. The molecule has 1 aromatic rings. The zero-order chi connectivity index (χ0) is 15.5. The van der Waals surface area contributed by atoms with Gasteiger partial charge in [0.1, 0.15) is 0 Å². The Kier molecular flexibility index (Phi) is 5.66. The summed E-state index contributed by atoms with van der Waals surface area (Å²) in [5.74, 6) is 0.447. The highest BCUT2D eigenvalue weighted by Gasteiger charge is 2.25. The molecule has 0 unspecified atom stereocenters. The van der Waals surface area contributed by atoms with E-state index in [0.717, 1.165) is 12.8 Å². The molecular formula is C15H22ClNO3S. The fourth-order valence-corrected chi connectivity index (χ4v) is 4.32. The first-order valence-electron chi connectivity index (χ1n) is 7.31. The Morgan fingerprint density at radius 2 is 1.95 bits per heavy atom. The van der Waals surface area contributed by atoms with Crippen molar-refractivity contribution < 1.29 is 13.5 Å². The van der Waals surface area contributed by atoms with Gasteiger partial charge in [0, 0.05) is 18.6 Å². The summed E-state index contributed by atoms with van der Waals surface area (Å²) in [6.45, 7) is 0.286. The van der Waals surface area contributed by atoms with Gasteiger partial charge < -0.3 is 5.11 Å². The van der Waals surface area contributed by atoms with Crippen molar-refractivity contribution in [2.75, 3.05) is 13.6 Å². The topological polar surface area (TPSA) is 57.6 Å². The van der Waals surface area contributed by atoms with Crippen LogP contribution in [0.15, 0.2) is 23.1 Å². The van der Waals surface area contributed by atoms with Gasteiger partial charge in [0.05, 0.1) is 11.5 Å². The molecular weight excluding hydrogens is 310 g/mol. The first kappa shape index (κ1) is 16.7. The van der Waals surface area contributed by atoms with Crippen molar-refractivity contribution in [1.29, 1.82) is 0 Å². The van der Waals surface area contributed by atoms with Gasteiger partial charge in [-0.2, -0.15) is 0 Å². The average Bonchev–Trinajstić information content (AvgIpc) is 2.48. The molecule has 1 N–H and O–H groups in total. The maximum absolute atomic E-state index is 12.6. The maximum Gasteiger partial charge on any atom is 0.242 e. The lowest BCUT2D eigenvalue weighted by Gasteiger charge is -2.26. The van der Waals surface area contributed by atoms with E-state index in [0.29, 0.717) is 23.0 Å². The third kappa shape index (κ3) is 3.97. The Hall–Kier alpha value is -0.620. The molecule has 0 saturated heterocycles. The van der Waals surface area contributed by atoms with Gasteiger partial charge in [-0.25, -0.2) is 12.7 Å². The largest absolute Gasteiger partial charge is 0.392 e. The molecule has 6 heteroatoms. The molecule has 0 spiro atoms. The van der Waals surface area contributed by atoms with E-state index in [1.165, 1.54) is 41.8 Å². The van der Waals surface area contributed by atoms with E-state index in [2.05, 4.69) is 0 Å². The average molecular weight is 332 g/mol. The lowest BCUT2D eigenvalue weighted by atomic mass is 9.89. The number of sulfonamides is 1. The monoisotopic (exact) mass is 331 g/mol. The Morgan fingerprint density at radius 1 is 1.29 bits per heavy atom. The highest BCUT2D eigenvalue weighted by molar-refractivity contribution is 7.89. The Morgan fingerprint density at radius 3 is 2.57 bits per heavy atom. The van der Waals surface area contributed by atoms with Gasteiger partial charge >= 0.3 is 0 Å². The number of aliphatic hydroxyl groups is 1. The molecule has 0 amide bonds. The lowest BCUT2D eigenvalue weighted by molar-refractivity contribution is 0.281. The maximum atomic E-state index is 12.6. The predicted molar refractivity (Wildman–Crippen MR) is 83.8 cm³/mol. The van der Waals surface area contributed by atoms with E-state index < -0.39 is 10.0 Å². The van der Waals surface area contributed by atoms with E-state index in [-0.39, 0.29) is 11.5 Å². The number of aliphatic hydroxyl groups excluding tert-OH is 1. The smallest absolute Gasteiger partial charge is 0.242 e. The summed E-state index contributed by atoms with van der Waals surface area (Å²) in [5, 5.41) is 9.60. The molecule has 0 aliphatic heterocycles. The zero-order valence-corrected chi connectivity index (χ0v) is 13.8. The van der Waals surface area contributed by atoms with Crippen LogP contribution in [0, 0.1) is 5.92 Å². The molecule has 21 heavy (non-hydrogen) atoms. The van der Waals surface area contributed by atoms with Gasteiger partial charge in [-0.05, 0) is 42.5 Å². The highest BCUT2D eigenvalue weighted by Crippen LogP contribution is 2.27. The number of hydrogen-bond acceptors (Lipinski definition) is 3. The van der Waals surface area contributed by atoms with Gasteiger partial charge in [0.25, 0.3) is 0 Å². The van der Waals surface area contributed by atoms with Crippen LogP contribution in [-0.2, 0) is 16.6 Å². The van der Waals surface area contributed by atoms with Gasteiger partial charge in [0.15, 0.2) is 0 Å². The van der Waals surface area contributed by atoms with Crippen LogP contribution in [0.3, 0.4) is 0 Å². The summed E-state index contributed by atoms with van der Waals surface area (Å²) in [6, 6.07) is 4.47. The summed E-state index contributed by atoms with van der Waals surface area (Å²) >= 11 is 5.91. The van der Waals surface area contributed by atoms with Crippen LogP contribution < -0.4 is 0 Å². The van der Waals surface area contributed by atoms with Crippen LogP contribution in [0.4, 0.5) is 0 Å². The molecule has 4 nitrogen and oxygen atoms in total. The van der Waals surface area contributed by atoms with Gasteiger partial charge in [-0.3, -0.25) is 0 Å². The normalized spacial score (nSPS) is 17.3. The van der Waals surface area contributed by atoms with E-state index in [4.69, 9.17) is 11.6 Å². The SMILES string of the molecule is CN(CC1CCCCC1)S(=O)(=O)c1ccc(Cl)c(CO)c1. The standard InChI is InChI=1S/C15H22ClNO3S/c1-17(10-12-5-3-2-4-6-12)21(19,20)14-7-8-15(16)13(9-14)11-18/h7-9,12,18H,2-6,10-11H2,1H3. The van der Waals surface area contributed by atoms with Crippen molar-refractivity contribution in [2.24, 2.45) is 5.92 Å². The van der Waals surface area contributed by atoms with Crippen molar-refractivity contribution >= 4 is 21.6 Å². The number of benzene rings is 1. The highest BCUT2D eigenvalue weighted by atomic mass is 35.5. The number of halogens is 1. The van der Waals surface area contributed by atoms with Gasteiger partial charge in [0.2, 0.25) is 10.0 Å². The van der Waals surface area contributed by atoms with Crippen LogP contribution in [0.5, 0.6) is 0 Å². The molecule has 1 aliphatic carbocycles. The minimum atomic E-state index is -3.52. The molecule has 1 fully saturated rings. The molecule has 2 rings (SSSR count). The lowest BCUT2D eigenvalue weighted by Crippen LogP contribution is -2.32. The first-order valence-corrected chi connectivity index (χ1v) is 9.12. The van der Waals surface area contributed by atoms with Crippen LogP contribution >= 0.6 is 11.6 Å². The Labute approximate surface area is 131 Å². The second-order valence-corrected chi connectivity index (χ2v) is 8.15. The molecule has 118 valence electrons. The molecule has 0 bridgehead atoms. The Bertz CT molecular complexity index is 583. The number of hydrogen-bond donors (Lipinski definition) is 1. The fraction of sp³-hybridized carbons (Fsp3) is 0.600. The van der Waals surface area contributed by atoms with Crippen LogP contribution in [-0.4, -0.2) is 31.4 Å². The molecule has 1 saturated carbocycles. The molecule has 0 atom stereocenters. The second kappa shape index (κ2) is 7.09. The summed E-state index contributed by atoms with van der Waals surface area (Å²) in [4.78, 5) is 0.189. The van der Waals surface area contributed by atoms with Crippen LogP contribution in [0.25, 0.3) is 0 Å². The van der Waals surface area contributed by atoms with E-state index >= 15 is 0 Å². The third-order valence-electron chi connectivity index (χ3n) is 4.14. The minimum Gasteiger partial charge on any atom is -0.392 e. The molecule has 1 aromatic carbocycles. The minimum absolute atomic E-state index is 0.189. The van der Waals surface area contributed by atoms with Crippen LogP contribution in [0.1, 0.15) is 37.7 Å². The zero-order valence-electron chi connectivity index (χ0n) is 12.3. The fourth-order valence-electron chi connectivity index (χ4n) is 2.84. The van der Waals surface area contributed by atoms with Crippen molar-refractivity contribution in [3.8, 4) is 0 Å². The van der Waals surface area contributed by atoms with E-state index in [9.17, 15) is 13.5 Å². The summed E-state index contributed by atoms with van der Waals surface area (Å²) in [5.41, 5.74) is 0.434. The molecule has 0 heterocycles. The second-order valence-electron chi connectivity index (χ2n) is 5.70. The molecule has 1 aliphatic rings. The number of nitrogens with zero attached hydrogens (tertiary/aromatic N) is 1. The summed E-state index contributed by atoms with van der Waals surface area (Å²) in [7, 11) is -1.90. The van der Waals surface area contributed by atoms with Crippen molar-refractivity contribution in [2.45, 2.75) is 43.6 Å². The summed E-state index contributed by atoms with van der Waals surface area (Å²) in [6.07, 6.45) is 5.83. The van der Waals surface area contributed by atoms with Crippen molar-refractivity contribution in [3.63, 3.8) is 0 Å². The van der Waals surface area contributed by atoms with Crippen LogP contribution in [0.2, 0.25) is 5.02 Å². The molecule has 0 aromatic heterocycles.